The monoisotopic (exact) mass is 550 g/mol. The second-order valence-electron chi connectivity index (χ2n) is 8.85. The Hall–Kier alpha value is -4.38. The molecule has 1 fully saturated rings. The third-order valence-electron chi connectivity index (χ3n) is 6.27. The molecular formula is C28H26N2O8S. The van der Waals surface area contributed by atoms with Crippen LogP contribution >= 0.6 is 11.3 Å². The Labute approximate surface area is 228 Å². The molecule has 39 heavy (non-hydrogen) atoms. The number of aliphatic hydroxyl groups excluding tert-OH is 1. The van der Waals surface area contributed by atoms with Crippen LogP contribution in [-0.4, -0.2) is 54.7 Å². The van der Waals surface area contributed by atoms with Crippen molar-refractivity contribution in [1.82, 2.24) is 4.98 Å². The zero-order chi connectivity index (χ0) is 27.7. The summed E-state index contributed by atoms with van der Waals surface area (Å²) in [6.07, 6.45) is 0.793. The molecule has 2 aliphatic rings. The zero-order valence-corrected chi connectivity index (χ0v) is 22.4. The highest BCUT2D eigenvalue weighted by molar-refractivity contribution is 7.17. The van der Waals surface area contributed by atoms with E-state index in [4.69, 9.17) is 18.9 Å². The van der Waals surface area contributed by atoms with E-state index in [0.29, 0.717) is 48.3 Å². The number of ether oxygens (including phenoxy) is 4. The van der Waals surface area contributed by atoms with Crippen LogP contribution in [0.3, 0.4) is 0 Å². The summed E-state index contributed by atoms with van der Waals surface area (Å²) < 4.78 is 21.8. The van der Waals surface area contributed by atoms with Crippen molar-refractivity contribution < 1.29 is 38.4 Å². The molecule has 202 valence electrons. The molecule has 0 aliphatic carbocycles. The van der Waals surface area contributed by atoms with Gasteiger partial charge in [-0.05, 0) is 49.2 Å². The van der Waals surface area contributed by atoms with Gasteiger partial charge in [0.25, 0.3) is 5.78 Å². The number of aryl methyl sites for hydroxylation is 1. The van der Waals surface area contributed by atoms with Crippen molar-refractivity contribution >= 4 is 39.9 Å². The number of hydrogen-bond acceptors (Lipinski definition) is 10. The molecule has 11 heteroatoms. The summed E-state index contributed by atoms with van der Waals surface area (Å²) >= 11 is 0.935. The number of benzene rings is 2. The molecular weight excluding hydrogens is 524 g/mol. The molecule has 3 aromatic rings. The molecule has 0 bridgehead atoms. The van der Waals surface area contributed by atoms with Crippen LogP contribution < -0.4 is 19.1 Å². The maximum atomic E-state index is 13.5. The number of aliphatic hydroxyl groups is 1. The van der Waals surface area contributed by atoms with Gasteiger partial charge >= 0.3 is 11.9 Å². The lowest BCUT2D eigenvalue weighted by Crippen LogP contribution is -2.29. The van der Waals surface area contributed by atoms with Crippen LogP contribution in [0.25, 0.3) is 5.76 Å². The SMILES string of the molecule is CCCOc1cccc([C@H]2/C(=C(\O)c3ccc4c(c3)OCCO4)C(=O)C(=O)N2c2nc(C)c(C(=O)OC)s2)c1. The van der Waals surface area contributed by atoms with Crippen molar-refractivity contribution in [2.45, 2.75) is 26.3 Å². The average Bonchev–Trinajstić information content (AvgIpc) is 3.47. The molecule has 0 radical (unpaired) electrons. The van der Waals surface area contributed by atoms with Crippen LogP contribution in [0.2, 0.25) is 0 Å². The predicted octanol–water partition coefficient (Wildman–Crippen LogP) is 4.42. The van der Waals surface area contributed by atoms with Gasteiger partial charge in [-0.2, -0.15) is 0 Å². The van der Waals surface area contributed by atoms with E-state index in [-0.39, 0.29) is 26.9 Å². The Bertz CT molecular complexity index is 1490. The lowest BCUT2D eigenvalue weighted by Gasteiger charge is -2.24. The summed E-state index contributed by atoms with van der Waals surface area (Å²) in [5.74, 6) is -1.27. The Balaban J connectivity index is 1.68. The standard InChI is InChI=1S/C28H26N2O8S/c1-4-10-36-18-7-5-6-16(13-18)22-21(23(31)17-8-9-19-20(14-17)38-12-11-37-19)24(32)26(33)30(22)28-29-15(2)25(39-28)27(34)35-3/h5-9,13-14,22,31H,4,10-12H2,1-3H3/b23-21+/t22-/m0/s1. The number of ketones is 1. The van der Waals surface area contributed by atoms with Gasteiger partial charge in [0.2, 0.25) is 0 Å². The van der Waals surface area contributed by atoms with Gasteiger partial charge in [0.1, 0.15) is 29.6 Å². The maximum Gasteiger partial charge on any atom is 0.350 e. The molecule has 0 spiro atoms. The smallest absolute Gasteiger partial charge is 0.350 e. The molecule has 2 aliphatic heterocycles. The van der Waals surface area contributed by atoms with Gasteiger partial charge in [0, 0.05) is 5.56 Å². The molecule has 2 aromatic carbocycles. The van der Waals surface area contributed by atoms with E-state index in [1.165, 1.54) is 12.0 Å². The van der Waals surface area contributed by atoms with Gasteiger partial charge in [-0.1, -0.05) is 30.4 Å². The minimum Gasteiger partial charge on any atom is -0.507 e. The first-order chi connectivity index (χ1) is 18.8. The summed E-state index contributed by atoms with van der Waals surface area (Å²) in [5.41, 5.74) is 1.03. The number of carbonyl (C=O) groups is 3. The van der Waals surface area contributed by atoms with E-state index >= 15 is 0 Å². The number of anilines is 1. The fraction of sp³-hybridized carbons (Fsp3) is 0.286. The Morgan fingerprint density at radius 3 is 2.67 bits per heavy atom. The number of thiazole rings is 1. The number of fused-ring (bicyclic) bond motifs is 1. The Morgan fingerprint density at radius 2 is 1.92 bits per heavy atom. The zero-order valence-electron chi connectivity index (χ0n) is 21.6. The van der Waals surface area contributed by atoms with E-state index in [1.807, 2.05) is 6.92 Å². The third-order valence-corrected chi connectivity index (χ3v) is 7.41. The van der Waals surface area contributed by atoms with Crippen LogP contribution in [0.15, 0.2) is 48.0 Å². The van der Waals surface area contributed by atoms with Gasteiger partial charge in [0.05, 0.1) is 31.0 Å². The third kappa shape index (κ3) is 4.81. The molecule has 1 N–H and O–H groups in total. The van der Waals surface area contributed by atoms with Crippen LogP contribution in [0.1, 0.15) is 45.9 Å². The number of esters is 1. The van der Waals surface area contributed by atoms with Crippen molar-refractivity contribution in [3.63, 3.8) is 0 Å². The molecule has 1 atom stereocenters. The Kier molecular flexibility index (Phi) is 7.25. The maximum absolute atomic E-state index is 13.5. The first-order valence-electron chi connectivity index (χ1n) is 12.3. The van der Waals surface area contributed by atoms with E-state index in [0.717, 1.165) is 17.8 Å². The lowest BCUT2D eigenvalue weighted by molar-refractivity contribution is -0.132. The molecule has 0 unspecified atom stereocenters. The van der Waals surface area contributed by atoms with Gasteiger partial charge in [-0.15, -0.1) is 0 Å². The first kappa shape index (κ1) is 26.2. The molecule has 1 saturated heterocycles. The van der Waals surface area contributed by atoms with E-state index in [9.17, 15) is 19.5 Å². The number of aromatic nitrogens is 1. The molecule has 5 rings (SSSR count). The van der Waals surface area contributed by atoms with Crippen molar-refractivity contribution in [2.75, 3.05) is 31.8 Å². The number of hydrogen-bond donors (Lipinski definition) is 1. The first-order valence-corrected chi connectivity index (χ1v) is 13.1. The largest absolute Gasteiger partial charge is 0.507 e. The topological polar surface area (TPSA) is 124 Å². The van der Waals surface area contributed by atoms with E-state index < -0.39 is 23.7 Å². The minimum absolute atomic E-state index is 0.126. The molecule has 10 nitrogen and oxygen atoms in total. The highest BCUT2D eigenvalue weighted by atomic mass is 32.1. The molecule has 0 saturated carbocycles. The average molecular weight is 551 g/mol. The van der Waals surface area contributed by atoms with Crippen molar-refractivity contribution in [1.29, 1.82) is 0 Å². The summed E-state index contributed by atoms with van der Waals surface area (Å²) in [4.78, 5) is 45.1. The number of methoxy groups -OCH3 is 1. The fourth-order valence-corrected chi connectivity index (χ4v) is 5.46. The second-order valence-corrected chi connectivity index (χ2v) is 9.83. The van der Waals surface area contributed by atoms with Crippen LogP contribution in [0, 0.1) is 6.92 Å². The van der Waals surface area contributed by atoms with Crippen LogP contribution in [-0.2, 0) is 14.3 Å². The molecule has 1 aromatic heterocycles. The summed E-state index contributed by atoms with van der Waals surface area (Å²) in [6.45, 7) is 4.83. The highest BCUT2D eigenvalue weighted by Gasteiger charge is 2.48. The number of rotatable bonds is 7. The van der Waals surface area contributed by atoms with Crippen LogP contribution in [0.5, 0.6) is 17.2 Å². The minimum atomic E-state index is -1.04. The summed E-state index contributed by atoms with van der Waals surface area (Å²) in [5, 5.41) is 11.6. The number of carbonyl (C=O) groups excluding carboxylic acids is 3. The van der Waals surface area contributed by atoms with Crippen molar-refractivity contribution in [3.8, 4) is 17.2 Å². The second kappa shape index (κ2) is 10.8. The fourth-order valence-electron chi connectivity index (χ4n) is 4.45. The number of amides is 1. The highest BCUT2D eigenvalue weighted by Crippen LogP contribution is 2.45. The van der Waals surface area contributed by atoms with Gasteiger partial charge in [-0.3, -0.25) is 14.5 Å². The van der Waals surface area contributed by atoms with E-state index in [2.05, 4.69) is 4.98 Å². The molecule has 3 heterocycles. The summed E-state index contributed by atoms with van der Waals surface area (Å²) in [7, 11) is 1.25. The molecule has 1 amide bonds. The quantitative estimate of drug-likeness (QED) is 0.197. The van der Waals surface area contributed by atoms with Gasteiger partial charge in [0.15, 0.2) is 16.6 Å². The van der Waals surface area contributed by atoms with Gasteiger partial charge < -0.3 is 24.1 Å². The number of nitrogens with zero attached hydrogens (tertiary/aromatic N) is 2. The van der Waals surface area contributed by atoms with Crippen molar-refractivity contribution in [2.24, 2.45) is 0 Å². The normalized spacial score (nSPS) is 17.8. The van der Waals surface area contributed by atoms with E-state index in [1.54, 1.807) is 49.4 Å². The predicted molar refractivity (Wildman–Crippen MR) is 143 cm³/mol. The number of Topliss-reactive ketones (excluding diaryl/α,β-unsaturated/α-hetero) is 1. The van der Waals surface area contributed by atoms with Gasteiger partial charge in [-0.25, -0.2) is 9.78 Å². The summed E-state index contributed by atoms with van der Waals surface area (Å²) in [6, 6.07) is 10.7. The van der Waals surface area contributed by atoms with Crippen LogP contribution in [0.4, 0.5) is 5.13 Å². The lowest BCUT2D eigenvalue weighted by atomic mass is 9.95. The Morgan fingerprint density at radius 1 is 1.15 bits per heavy atom. The van der Waals surface area contributed by atoms with Crippen molar-refractivity contribution in [3.05, 3.63) is 69.7 Å².